The van der Waals surface area contributed by atoms with Gasteiger partial charge >= 0.3 is 0 Å². The number of carbonyl (C=O) groups is 1. The summed E-state index contributed by atoms with van der Waals surface area (Å²) in [4.78, 5) is 28.4. The molecule has 2 aromatic heterocycles. The molecule has 0 aliphatic carbocycles. The van der Waals surface area contributed by atoms with Crippen LogP contribution in [0.4, 0.5) is 4.39 Å². The van der Waals surface area contributed by atoms with Gasteiger partial charge in [0.25, 0.3) is 11.5 Å². The van der Waals surface area contributed by atoms with Gasteiger partial charge in [0, 0.05) is 30.8 Å². The van der Waals surface area contributed by atoms with Crippen LogP contribution in [0.15, 0.2) is 29.2 Å². The predicted octanol–water partition coefficient (Wildman–Crippen LogP) is 2.94. The number of carbonyl (C=O) groups excluding carboxylic acids is 1. The standard InChI is InChI=1S/C25H32FN5O4/c1-4-29-14-16(2)31-19-13-28-30(24(32)21(19)23(34-3)22(31)25(29)33)15-17-8-9-18(26)12-20(17)35-11-7-5-6-10-27/h8-9,12-13,16H,4-7,10-11,14-15,27H2,1-3H3/t16-/m0/s1. The maximum Gasteiger partial charge on any atom is 0.280 e. The van der Waals surface area contributed by atoms with Crippen LogP contribution >= 0.6 is 0 Å². The van der Waals surface area contributed by atoms with Gasteiger partial charge in [0.2, 0.25) is 0 Å². The molecule has 0 saturated carbocycles. The lowest BCUT2D eigenvalue weighted by molar-refractivity contribution is 0.0685. The third kappa shape index (κ3) is 4.62. The van der Waals surface area contributed by atoms with E-state index in [1.54, 1.807) is 17.2 Å². The molecule has 0 fully saturated rings. The number of hydrogen-bond acceptors (Lipinski definition) is 6. The molecule has 9 nitrogen and oxygen atoms in total. The largest absolute Gasteiger partial charge is 0.493 e. The molecule has 0 bridgehead atoms. The number of rotatable bonds is 10. The van der Waals surface area contributed by atoms with Crippen LogP contribution in [0.25, 0.3) is 10.9 Å². The third-order valence-corrected chi connectivity index (χ3v) is 6.42. The lowest BCUT2D eigenvalue weighted by atomic mass is 10.2. The summed E-state index contributed by atoms with van der Waals surface area (Å²) in [6.45, 7) is 6.16. The van der Waals surface area contributed by atoms with Crippen LogP contribution in [-0.4, -0.2) is 58.5 Å². The molecule has 3 aromatic rings. The molecule has 1 amide bonds. The van der Waals surface area contributed by atoms with E-state index in [2.05, 4.69) is 5.10 Å². The van der Waals surface area contributed by atoms with Gasteiger partial charge in [-0.15, -0.1) is 0 Å². The highest BCUT2D eigenvalue weighted by molar-refractivity contribution is 6.04. The number of likely N-dealkylation sites (N-methyl/N-ethyl adjacent to an activating group) is 1. The molecule has 35 heavy (non-hydrogen) atoms. The second-order valence-electron chi connectivity index (χ2n) is 8.76. The normalized spacial score (nSPS) is 15.5. The molecule has 2 N–H and O–H groups in total. The Kier molecular flexibility index (Phi) is 7.39. The zero-order valence-electron chi connectivity index (χ0n) is 20.4. The highest BCUT2D eigenvalue weighted by Crippen LogP contribution is 2.37. The van der Waals surface area contributed by atoms with E-state index in [0.717, 1.165) is 19.3 Å². The molecule has 1 atom stereocenters. The molecule has 10 heteroatoms. The van der Waals surface area contributed by atoms with Crippen molar-refractivity contribution in [2.45, 2.75) is 45.7 Å². The molecule has 0 saturated heterocycles. The van der Waals surface area contributed by atoms with E-state index in [-0.39, 0.29) is 29.8 Å². The van der Waals surface area contributed by atoms with E-state index < -0.39 is 5.82 Å². The van der Waals surface area contributed by atoms with Crippen LogP contribution in [0.2, 0.25) is 0 Å². The van der Waals surface area contributed by atoms with Crippen LogP contribution < -0.4 is 20.8 Å². The Balaban J connectivity index is 1.72. The van der Waals surface area contributed by atoms with E-state index in [1.807, 2.05) is 18.4 Å². The summed E-state index contributed by atoms with van der Waals surface area (Å²) in [5.41, 5.74) is 6.69. The zero-order chi connectivity index (χ0) is 25.1. The Morgan fingerprint density at radius 1 is 1.23 bits per heavy atom. The summed E-state index contributed by atoms with van der Waals surface area (Å²) in [6, 6.07) is 4.20. The van der Waals surface area contributed by atoms with Crippen LogP contribution in [0, 0.1) is 5.82 Å². The second-order valence-corrected chi connectivity index (χ2v) is 8.76. The van der Waals surface area contributed by atoms with Crippen LogP contribution in [0.1, 0.15) is 55.2 Å². The maximum absolute atomic E-state index is 13.9. The summed E-state index contributed by atoms with van der Waals surface area (Å²) in [5, 5.41) is 4.69. The number of unbranched alkanes of at least 4 members (excludes halogenated alkanes) is 2. The Morgan fingerprint density at radius 3 is 2.74 bits per heavy atom. The quantitative estimate of drug-likeness (QED) is 0.443. The first-order valence-electron chi connectivity index (χ1n) is 12.0. The van der Waals surface area contributed by atoms with Gasteiger partial charge in [-0.2, -0.15) is 5.10 Å². The van der Waals surface area contributed by atoms with Gasteiger partial charge in [0.1, 0.15) is 17.0 Å². The summed E-state index contributed by atoms with van der Waals surface area (Å²) < 4.78 is 28.5. The van der Waals surface area contributed by atoms with Crippen LogP contribution in [-0.2, 0) is 6.54 Å². The molecular formula is C25H32FN5O4. The van der Waals surface area contributed by atoms with Gasteiger partial charge in [-0.25, -0.2) is 9.07 Å². The minimum absolute atomic E-state index is 0.0394. The molecule has 0 spiro atoms. The fourth-order valence-electron chi connectivity index (χ4n) is 4.66. The van der Waals surface area contributed by atoms with Gasteiger partial charge < -0.3 is 24.7 Å². The number of aromatic nitrogens is 3. The summed E-state index contributed by atoms with van der Waals surface area (Å²) in [5.74, 6) is 0.0355. The van der Waals surface area contributed by atoms with Crippen molar-refractivity contribution in [2.24, 2.45) is 5.73 Å². The Labute approximate surface area is 203 Å². The third-order valence-electron chi connectivity index (χ3n) is 6.42. The van der Waals surface area contributed by atoms with Gasteiger partial charge in [0.15, 0.2) is 11.4 Å². The summed E-state index contributed by atoms with van der Waals surface area (Å²) in [6.07, 6.45) is 4.21. The van der Waals surface area contributed by atoms with Gasteiger partial charge in [-0.05, 0) is 45.7 Å². The van der Waals surface area contributed by atoms with Crippen molar-refractivity contribution >= 4 is 16.8 Å². The fraction of sp³-hybridized carbons (Fsp3) is 0.480. The lowest BCUT2D eigenvalue weighted by Crippen LogP contribution is -2.41. The van der Waals surface area contributed by atoms with Crippen molar-refractivity contribution in [1.82, 2.24) is 19.2 Å². The monoisotopic (exact) mass is 485 g/mol. The molecule has 188 valence electrons. The Hall–Kier alpha value is -3.40. The average Bonchev–Trinajstić information content (AvgIpc) is 3.20. The first-order chi connectivity index (χ1) is 16.9. The van der Waals surface area contributed by atoms with Crippen LogP contribution in [0.3, 0.4) is 0 Å². The first-order valence-corrected chi connectivity index (χ1v) is 12.0. The number of halogens is 1. The lowest BCUT2D eigenvalue weighted by Gasteiger charge is -2.32. The maximum atomic E-state index is 13.9. The Morgan fingerprint density at radius 2 is 2.03 bits per heavy atom. The first kappa shape index (κ1) is 24.7. The average molecular weight is 486 g/mol. The highest BCUT2D eigenvalue weighted by Gasteiger charge is 2.35. The van der Waals surface area contributed by atoms with Crippen molar-refractivity contribution in [1.29, 1.82) is 0 Å². The van der Waals surface area contributed by atoms with Crippen molar-refractivity contribution in [3.8, 4) is 11.5 Å². The number of nitrogens with two attached hydrogens (primary N) is 1. The minimum atomic E-state index is -0.420. The highest BCUT2D eigenvalue weighted by atomic mass is 19.1. The Bertz CT molecular complexity index is 1290. The minimum Gasteiger partial charge on any atom is -0.493 e. The number of hydrogen-bond donors (Lipinski definition) is 1. The number of methoxy groups -OCH3 is 1. The summed E-state index contributed by atoms with van der Waals surface area (Å²) >= 11 is 0. The zero-order valence-corrected chi connectivity index (χ0v) is 20.4. The number of amides is 1. The van der Waals surface area contributed by atoms with Crippen LogP contribution in [0.5, 0.6) is 11.5 Å². The molecule has 4 rings (SSSR count). The molecule has 0 unspecified atom stereocenters. The van der Waals surface area contributed by atoms with E-state index in [0.29, 0.717) is 54.2 Å². The second kappa shape index (κ2) is 10.5. The van der Waals surface area contributed by atoms with Crippen molar-refractivity contribution in [3.05, 3.63) is 51.8 Å². The number of nitrogens with zero attached hydrogens (tertiary/aromatic N) is 4. The molecule has 3 heterocycles. The van der Waals surface area contributed by atoms with Gasteiger partial charge in [0.05, 0.1) is 32.0 Å². The smallest absolute Gasteiger partial charge is 0.280 e. The van der Waals surface area contributed by atoms with E-state index in [1.165, 1.54) is 23.9 Å². The van der Waals surface area contributed by atoms with Crippen molar-refractivity contribution in [3.63, 3.8) is 0 Å². The van der Waals surface area contributed by atoms with E-state index in [9.17, 15) is 14.0 Å². The van der Waals surface area contributed by atoms with Gasteiger partial charge in [-0.3, -0.25) is 9.59 Å². The topological polar surface area (TPSA) is 105 Å². The number of ether oxygens (including phenoxy) is 2. The SMILES string of the molecule is CCN1C[C@H](C)n2c(c(OC)c3c(=O)n(Cc4ccc(F)cc4OCCCCCN)ncc32)C1=O. The summed E-state index contributed by atoms with van der Waals surface area (Å²) in [7, 11) is 1.46. The van der Waals surface area contributed by atoms with Crippen molar-refractivity contribution < 1.29 is 18.7 Å². The molecule has 1 aromatic carbocycles. The van der Waals surface area contributed by atoms with E-state index >= 15 is 0 Å². The van der Waals surface area contributed by atoms with Crippen molar-refractivity contribution in [2.75, 3.05) is 33.4 Å². The molecular weight excluding hydrogens is 453 g/mol. The molecule has 1 aliphatic heterocycles. The number of fused-ring (bicyclic) bond motifs is 3. The molecule has 1 aliphatic rings. The predicted molar refractivity (Wildman–Crippen MR) is 131 cm³/mol. The van der Waals surface area contributed by atoms with E-state index in [4.69, 9.17) is 15.2 Å². The number of benzene rings is 1. The molecule has 0 radical (unpaired) electrons. The fourth-order valence-corrected chi connectivity index (χ4v) is 4.66. The van der Waals surface area contributed by atoms with Gasteiger partial charge in [-0.1, -0.05) is 6.07 Å².